The van der Waals surface area contributed by atoms with Crippen molar-refractivity contribution >= 4 is 11.8 Å². The van der Waals surface area contributed by atoms with Gasteiger partial charge in [0.25, 0.3) is 0 Å². The summed E-state index contributed by atoms with van der Waals surface area (Å²) >= 11 is 0. The Labute approximate surface area is 71.0 Å². The molecule has 0 unspecified atom stereocenters. The fraction of sp³-hybridized carbons (Fsp3) is 0.500. The van der Waals surface area contributed by atoms with Crippen molar-refractivity contribution in [2.24, 2.45) is 0 Å². The van der Waals surface area contributed by atoms with E-state index in [-0.39, 0.29) is 25.0 Å². The van der Waals surface area contributed by atoms with Gasteiger partial charge in [-0.3, -0.25) is 5.87 Å². The normalized spacial score (nSPS) is 8.00. The predicted octanol–water partition coefficient (Wildman–Crippen LogP) is 1.02. The average molecular weight is 165 g/mol. The summed E-state index contributed by atoms with van der Waals surface area (Å²) in [5.41, 5.74) is 0.0124. The molecule has 0 aromatic rings. The fourth-order valence-electron chi connectivity index (χ4n) is 0.603. The molecule has 0 rings (SSSR count). The number of hydrogen-bond acceptors (Lipinski definition) is 3. The van der Waals surface area contributed by atoms with Crippen LogP contribution in [0, 0.1) is 11.3 Å². The molecule has 0 aromatic heterocycles. The van der Waals surface area contributed by atoms with Gasteiger partial charge >= 0.3 is 5.97 Å². The number of nitriles is 1. The van der Waals surface area contributed by atoms with Gasteiger partial charge in [-0.2, -0.15) is 5.26 Å². The van der Waals surface area contributed by atoms with Gasteiger partial charge in [0, 0.05) is 6.42 Å². The minimum absolute atomic E-state index is 0.0124. The van der Waals surface area contributed by atoms with Crippen LogP contribution in [-0.4, -0.2) is 18.4 Å². The Hall–Kier alpha value is -1.59. The van der Waals surface area contributed by atoms with Crippen LogP contribution >= 0.6 is 0 Å². The summed E-state index contributed by atoms with van der Waals surface area (Å²) in [4.78, 5) is 10.9. The van der Waals surface area contributed by atoms with E-state index in [2.05, 4.69) is 4.74 Å². The molecule has 64 valence electrons. The minimum atomic E-state index is -0.616. The van der Waals surface area contributed by atoms with Gasteiger partial charge in [-0.25, -0.2) is 4.79 Å². The van der Waals surface area contributed by atoms with Crippen LogP contribution in [0.1, 0.15) is 19.8 Å². The average Bonchev–Trinajstić information content (AvgIpc) is 2.06. The summed E-state index contributed by atoms with van der Waals surface area (Å²) in [6.07, 6.45) is 0.341. The molecule has 0 aromatic carbocycles. The van der Waals surface area contributed by atoms with Gasteiger partial charge in [0.2, 0.25) is 0 Å². The molecule has 0 fully saturated rings. The summed E-state index contributed by atoms with van der Waals surface area (Å²) in [6.45, 7) is 1.91. The third kappa shape index (κ3) is 3.55. The van der Waals surface area contributed by atoms with E-state index in [0.717, 1.165) is 0 Å². The number of nitrogens with zero attached hydrogens (tertiary/aromatic N) is 2. The van der Waals surface area contributed by atoms with Gasteiger partial charge in [0.1, 0.15) is 0 Å². The first-order valence-corrected chi connectivity index (χ1v) is 3.56. The van der Waals surface area contributed by atoms with Crippen molar-refractivity contribution in [1.82, 2.24) is 0 Å². The predicted molar refractivity (Wildman–Crippen MR) is 43.4 cm³/mol. The maximum Gasteiger partial charge on any atom is 0.340 e. The molecule has 0 saturated heterocycles. The van der Waals surface area contributed by atoms with Gasteiger partial charge < -0.3 is 10.1 Å². The number of rotatable bonds is 4. The SMILES string of the molecule is CCOC(=O)C(=C=[N-])CCC#N. The second kappa shape index (κ2) is 6.14. The number of carbonyl (C=O) groups is 1. The Balaban J connectivity index is 4.10. The van der Waals surface area contributed by atoms with Crippen LogP contribution in [0.3, 0.4) is 0 Å². The van der Waals surface area contributed by atoms with Gasteiger partial charge in [-0.1, -0.05) is 0 Å². The molecule has 0 spiro atoms. The van der Waals surface area contributed by atoms with E-state index in [1.807, 2.05) is 6.07 Å². The lowest BCUT2D eigenvalue weighted by molar-refractivity contribution is -0.138. The number of ether oxygens (including phenoxy) is 1. The second-order valence-electron chi connectivity index (χ2n) is 1.97. The highest BCUT2D eigenvalue weighted by molar-refractivity contribution is 5.98. The zero-order valence-corrected chi connectivity index (χ0v) is 6.83. The molecular weight excluding hydrogens is 156 g/mol. The van der Waals surface area contributed by atoms with Crippen LogP contribution < -0.4 is 0 Å². The van der Waals surface area contributed by atoms with Crippen LogP contribution in [0.4, 0.5) is 0 Å². The molecule has 0 radical (unpaired) electrons. The van der Waals surface area contributed by atoms with Crippen LogP contribution in [0.2, 0.25) is 0 Å². The van der Waals surface area contributed by atoms with Crippen LogP contribution in [0.5, 0.6) is 0 Å². The standard InChI is InChI=1S/C8H9N2O2/c1-2-12-8(11)7(6-10)4-3-5-9/h2-4H2,1H3/q-1. The van der Waals surface area contributed by atoms with Gasteiger partial charge in [-0.15, -0.1) is 0 Å². The fourth-order valence-corrected chi connectivity index (χ4v) is 0.603. The van der Waals surface area contributed by atoms with E-state index in [0.29, 0.717) is 0 Å². The van der Waals surface area contributed by atoms with E-state index < -0.39 is 5.97 Å². The van der Waals surface area contributed by atoms with Crippen molar-refractivity contribution in [1.29, 1.82) is 5.26 Å². The lowest BCUT2D eigenvalue weighted by atomic mass is 10.2. The van der Waals surface area contributed by atoms with Crippen LogP contribution in [-0.2, 0) is 9.53 Å². The summed E-state index contributed by atoms with van der Waals surface area (Å²) in [6, 6.07) is 1.85. The highest BCUT2D eigenvalue weighted by Crippen LogP contribution is 2.02. The minimum Gasteiger partial charge on any atom is -0.763 e. The Morgan fingerprint density at radius 1 is 1.67 bits per heavy atom. The highest BCUT2D eigenvalue weighted by Gasteiger charge is 2.06. The topological polar surface area (TPSA) is 72.4 Å². The molecule has 0 N–H and O–H groups in total. The molecule has 12 heavy (non-hydrogen) atoms. The van der Waals surface area contributed by atoms with Crippen LogP contribution in [0.25, 0.3) is 5.41 Å². The first-order valence-electron chi connectivity index (χ1n) is 3.56. The molecule has 0 aliphatic rings. The van der Waals surface area contributed by atoms with Crippen molar-refractivity contribution in [3.63, 3.8) is 0 Å². The lowest BCUT2D eigenvalue weighted by Gasteiger charge is -2.02. The second-order valence-corrected chi connectivity index (χ2v) is 1.97. The van der Waals surface area contributed by atoms with Crippen molar-refractivity contribution < 1.29 is 9.53 Å². The van der Waals surface area contributed by atoms with Crippen molar-refractivity contribution in [2.75, 3.05) is 6.61 Å². The maximum absolute atomic E-state index is 10.9. The third-order valence-corrected chi connectivity index (χ3v) is 1.14. The number of esters is 1. The van der Waals surface area contributed by atoms with E-state index in [4.69, 9.17) is 10.7 Å². The van der Waals surface area contributed by atoms with E-state index in [9.17, 15) is 4.79 Å². The quantitative estimate of drug-likeness (QED) is 0.354. The molecular formula is C8H9N2O2-. The van der Waals surface area contributed by atoms with E-state index in [1.54, 1.807) is 12.8 Å². The molecule has 0 atom stereocenters. The molecule has 0 aliphatic carbocycles. The molecule has 0 aliphatic heterocycles. The smallest absolute Gasteiger partial charge is 0.340 e. The summed E-state index contributed by atoms with van der Waals surface area (Å²) in [5.74, 6) is 1.10. The molecule has 0 bridgehead atoms. The first kappa shape index (κ1) is 10.4. The van der Waals surface area contributed by atoms with Crippen LogP contribution in [0.15, 0.2) is 5.57 Å². The molecule has 4 heteroatoms. The summed E-state index contributed by atoms with van der Waals surface area (Å²) in [5, 5.41) is 16.6. The molecule has 0 amide bonds. The highest BCUT2D eigenvalue weighted by atomic mass is 16.5. The Morgan fingerprint density at radius 3 is 2.75 bits per heavy atom. The number of carbonyl (C=O) groups excluding carboxylic acids is 1. The monoisotopic (exact) mass is 165 g/mol. The Bertz CT molecular complexity index is 246. The Morgan fingerprint density at radius 2 is 2.33 bits per heavy atom. The first-order chi connectivity index (χ1) is 5.76. The van der Waals surface area contributed by atoms with Crippen molar-refractivity contribution in [3.8, 4) is 6.07 Å². The maximum atomic E-state index is 10.9. The van der Waals surface area contributed by atoms with Crippen molar-refractivity contribution in [2.45, 2.75) is 19.8 Å². The van der Waals surface area contributed by atoms with Gasteiger partial charge in [0.05, 0.1) is 18.2 Å². The molecule has 4 nitrogen and oxygen atoms in total. The summed E-state index contributed by atoms with van der Waals surface area (Å²) < 4.78 is 4.58. The summed E-state index contributed by atoms with van der Waals surface area (Å²) in [7, 11) is 0. The molecule has 0 heterocycles. The zero-order chi connectivity index (χ0) is 9.40. The van der Waals surface area contributed by atoms with Gasteiger partial charge in [0.15, 0.2) is 0 Å². The zero-order valence-electron chi connectivity index (χ0n) is 6.83. The molecule has 0 saturated carbocycles. The Kier molecular flexibility index (Phi) is 5.33. The lowest BCUT2D eigenvalue weighted by Crippen LogP contribution is -2.07. The van der Waals surface area contributed by atoms with E-state index >= 15 is 0 Å². The van der Waals surface area contributed by atoms with Gasteiger partial charge in [-0.05, 0) is 13.3 Å². The van der Waals surface area contributed by atoms with Crippen molar-refractivity contribution in [3.05, 3.63) is 11.0 Å². The number of hydrogen-bond donors (Lipinski definition) is 0. The third-order valence-electron chi connectivity index (χ3n) is 1.14. The largest absolute Gasteiger partial charge is 0.763 e. The van der Waals surface area contributed by atoms with E-state index in [1.165, 1.54) is 0 Å².